The fourth-order valence-corrected chi connectivity index (χ4v) is 3.95. The molecule has 0 aliphatic carbocycles. The topological polar surface area (TPSA) is 54.9 Å². The molecule has 2 aliphatic rings. The van der Waals surface area contributed by atoms with E-state index < -0.39 is 0 Å². The van der Waals surface area contributed by atoms with Gasteiger partial charge >= 0.3 is 0 Å². The van der Waals surface area contributed by atoms with Crippen molar-refractivity contribution >= 4 is 23.4 Å². The molecule has 3 heterocycles. The number of carbonyl (C=O) groups excluding carboxylic acids is 1. The average molecular weight is 371 g/mol. The second kappa shape index (κ2) is 7.86. The third-order valence-corrected chi connectivity index (χ3v) is 5.51. The van der Waals surface area contributed by atoms with Gasteiger partial charge in [-0.15, -0.1) is 11.8 Å². The van der Waals surface area contributed by atoms with Crippen molar-refractivity contribution in [2.24, 2.45) is 0 Å². The number of piperazine rings is 1. The number of hydrogen-bond donors (Lipinski definition) is 0. The van der Waals surface area contributed by atoms with Crippen LogP contribution in [-0.2, 0) is 4.79 Å². The number of nitrogens with zero attached hydrogens (tertiary/aromatic N) is 3. The highest BCUT2D eigenvalue weighted by molar-refractivity contribution is 8.00. The molecule has 26 heavy (non-hydrogen) atoms. The number of benzene rings is 1. The molecule has 0 unspecified atom stereocenters. The molecule has 2 aromatic rings. The van der Waals surface area contributed by atoms with Crippen LogP contribution in [0.5, 0.6) is 11.5 Å². The second-order valence-electron chi connectivity index (χ2n) is 6.17. The van der Waals surface area contributed by atoms with E-state index in [4.69, 9.17) is 9.47 Å². The largest absolute Gasteiger partial charge is 0.486 e. The highest BCUT2D eigenvalue weighted by atomic mass is 32.2. The van der Waals surface area contributed by atoms with E-state index in [0.29, 0.717) is 19.0 Å². The predicted octanol–water partition coefficient (Wildman–Crippen LogP) is 2.29. The lowest BCUT2D eigenvalue weighted by Crippen LogP contribution is -2.49. The van der Waals surface area contributed by atoms with Gasteiger partial charge in [-0.25, -0.2) is 0 Å². The average Bonchev–Trinajstić information content (AvgIpc) is 2.72. The van der Waals surface area contributed by atoms with E-state index in [0.717, 1.165) is 48.3 Å². The van der Waals surface area contributed by atoms with Crippen LogP contribution in [0.1, 0.15) is 0 Å². The van der Waals surface area contributed by atoms with Gasteiger partial charge in [0.15, 0.2) is 11.5 Å². The Morgan fingerprint density at radius 1 is 1.00 bits per heavy atom. The van der Waals surface area contributed by atoms with E-state index in [1.165, 1.54) is 0 Å². The zero-order chi connectivity index (χ0) is 17.8. The zero-order valence-electron chi connectivity index (χ0n) is 14.5. The molecular formula is C19H21N3O3S. The van der Waals surface area contributed by atoms with Gasteiger partial charge in [0.25, 0.3) is 0 Å². The standard InChI is InChI=1S/C19H21N3O3S/c23-19(14-26-16-1-2-17-18(13-16)25-12-11-24-17)22-9-7-21(8-10-22)15-3-5-20-6-4-15/h1-6,13H,7-12,14H2. The first-order valence-electron chi connectivity index (χ1n) is 8.75. The second-order valence-corrected chi connectivity index (χ2v) is 7.22. The molecule has 0 N–H and O–H groups in total. The number of anilines is 1. The van der Waals surface area contributed by atoms with Crippen LogP contribution in [0.2, 0.25) is 0 Å². The number of ether oxygens (including phenoxy) is 2. The summed E-state index contributed by atoms with van der Waals surface area (Å²) in [5, 5.41) is 0. The number of amides is 1. The highest BCUT2D eigenvalue weighted by Gasteiger charge is 2.21. The number of carbonyl (C=O) groups is 1. The molecule has 1 amide bonds. The van der Waals surface area contributed by atoms with E-state index in [9.17, 15) is 4.79 Å². The molecule has 1 aromatic heterocycles. The number of pyridine rings is 1. The van der Waals surface area contributed by atoms with Gasteiger partial charge in [0, 0.05) is 49.2 Å². The van der Waals surface area contributed by atoms with Gasteiger partial charge in [-0.1, -0.05) is 0 Å². The van der Waals surface area contributed by atoms with Crippen LogP contribution in [0.15, 0.2) is 47.6 Å². The smallest absolute Gasteiger partial charge is 0.233 e. The zero-order valence-corrected chi connectivity index (χ0v) is 15.3. The number of rotatable bonds is 4. The Bertz CT molecular complexity index is 764. The predicted molar refractivity (Wildman–Crippen MR) is 101 cm³/mol. The van der Waals surface area contributed by atoms with Crippen LogP contribution in [0.25, 0.3) is 0 Å². The van der Waals surface area contributed by atoms with Crippen LogP contribution < -0.4 is 14.4 Å². The first-order chi connectivity index (χ1) is 12.8. The Hall–Kier alpha value is -2.41. The minimum Gasteiger partial charge on any atom is -0.486 e. The lowest BCUT2D eigenvalue weighted by atomic mass is 10.2. The summed E-state index contributed by atoms with van der Waals surface area (Å²) in [5.74, 6) is 2.16. The summed E-state index contributed by atoms with van der Waals surface area (Å²) in [6.07, 6.45) is 3.60. The molecule has 6 nitrogen and oxygen atoms in total. The molecule has 2 aliphatic heterocycles. The Morgan fingerprint density at radius 3 is 2.50 bits per heavy atom. The van der Waals surface area contributed by atoms with Gasteiger partial charge in [-0.2, -0.15) is 0 Å². The molecule has 1 aromatic carbocycles. The molecule has 0 bridgehead atoms. The Kier molecular flexibility index (Phi) is 5.15. The SMILES string of the molecule is O=C(CSc1ccc2c(c1)OCCO2)N1CCN(c2ccncc2)CC1. The van der Waals surface area contributed by atoms with E-state index in [1.807, 2.05) is 35.2 Å². The van der Waals surface area contributed by atoms with Gasteiger partial charge in [-0.05, 0) is 30.3 Å². The molecule has 7 heteroatoms. The van der Waals surface area contributed by atoms with Crippen molar-refractivity contribution in [3.63, 3.8) is 0 Å². The number of fused-ring (bicyclic) bond motifs is 1. The molecule has 0 spiro atoms. The first-order valence-corrected chi connectivity index (χ1v) is 9.73. The third kappa shape index (κ3) is 3.88. The third-order valence-electron chi connectivity index (χ3n) is 4.54. The van der Waals surface area contributed by atoms with Crippen LogP contribution in [0.3, 0.4) is 0 Å². The van der Waals surface area contributed by atoms with Crippen LogP contribution in [0, 0.1) is 0 Å². The summed E-state index contributed by atoms with van der Waals surface area (Å²) in [5.41, 5.74) is 1.16. The maximum atomic E-state index is 12.5. The maximum Gasteiger partial charge on any atom is 0.233 e. The minimum absolute atomic E-state index is 0.180. The summed E-state index contributed by atoms with van der Waals surface area (Å²) < 4.78 is 11.1. The fraction of sp³-hybridized carbons (Fsp3) is 0.368. The first kappa shape index (κ1) is 17.0. The minimum atomic E-state index is 0.180. The fourth-order valence-electron chi connectivity index (χ4n) is 3.12. The Labute approximate surface area is 157 Å². The molecule has 4 rings (SSSR count). The quantitative estimate of drug-likeness (QED) is 0.769. The molecule has 136 valence electrons. The van der Waals surface area contributed by atoms with Crippen molar-refractivity contribution in [1.82, 2.24) is 9.88 Å². The molecule has 1 saturated heterocycles. The van der Waals surface area contributed by atoms with Gasteiger partial charge in [0.05, 0.1) is 5.75 Å². The van der Waals surface area contributed by atoms with Crippen LogP contribution in [0.4, 0.5) is 5.69 Å². The molecule has 1 fully saturated rings. The van der Waals surface area contributed by atoms with Crippen molar-refractivity contribution in [1.29, 1.82) is 0 Å². The summed E-state index contributed by atoms with van der Waals surface area (Å²) in [6.45, 7) is 4.37. The van der Waals surface area contributed by atoms with E-state index in [1.54, 1.807) is 24.2 Å². The van der Waals surface area contributed by atoms with Gasteiger partial charge in [0.1, 0.15) is 13.2 Å². The normalized spacial score (nSPS) is 16.5. The summed E-state index contributed by atoms with van der Waals surface area (Å²) in [6, 6.07) is 9.86. The van der Waals surface area contributed by atoms with E-state index >= 15 is 0 Å². The highest BCUT2D eigenvalue weighted by Crippen LogP contribution is 2.34. The van der Waals surface area contributed by atoms with Crippen LogP contribution in [-0.4, -0.2) is 60.9 Å². The molecule has 0 radical (unpaired) electrons. The van der Waals surface area contributed by atoms with Gasteiger partial charge in [-0.3, -0.25) is 9.78 Å². The summed E-state index contributed by atoms with van der Waals surface area (Å²) in [4.78, 5) is 21.8. The van der Waals surface area contributed by atoms with E-state index in [2.05, 4.69) is 9.88 Å². The number of aromatic nitrogens is 1. The van der Waals surface area contributed by atoms with Crippen molar-refractivity contribution < 1.29 is 14.3 Å². The van der Waals surface area contributed by atoms with Crippen LogP contribution >= 0.6 is 11.8 Å². The summed E-state index contributed by atoms with van der Waals surface area (Å²) in [7, 11) is 0. The van der Waals surface area contributed by atoms with Crippen molar-refractivity contribution in [3.8, 4) is 11.5 Å². The van der Waals surface area contributed by atoms with Crippen molar-refractivity contribution in [3.05, 3.63) is 42.7 Å². The lowest BCUT2D eigenvalue weighted by Gasteiger charge is -2.36. The molecule has 0 atom stereocenters. The van der Waals surface area contributed by atoms with Crippen molar-refractivity contribution in [2.75, 3.05) is 50.0 Å². The number of thioether (sulfide) groups is 1. The molecule has 0 saturated carbocycles. The van der Waals surface area contributed by atoms with Crippen molar-refractivity contribution in [2.45, 2.75) is 4.90 Å². The number of hydrogen-bond acceptors (Lipinski definition) is 6. The van der Waals surface area contributed by atoms with Gasteiger partial charge < -0.3 is 19.3 Å². The monoisotopic (exact) mass is 371 g/mol. The summed E-state index contributed by atoms with van der Waals surface area (Å²) >= 11 is 1.54. The Morgan fingerprint density at radius 2 is 1.73 bits per heavy atom. The Balaban J connectivity index is 1.28. The maximum absolute atomic E-state index is 12.5. The van der Waals surface area contributed by atoms with E-state index in [-0.39, 0.29) is 5.91 Å². The van der Waals surface area contributed by atoms with Gasteiger partial charge in [0.2, 0.25) is 5.91 Å². The molecular weight excluding hydrogens is 350 g/mol. The lowest BCUT2D eigenvalue weighted by molar-refractivity contribution is -0.128.